The average Bonchev–Trinajstić information content (AvgIpc) is 2.50. The van der Waals surface area contributed by atoms with Gasteiger partial charge in [0.2, 0.25) is 0 Å². The van der Waals surface area contributed by atoms with Crippen LogP contribution in [-0.4, -0.2) is 10.6 Å². The zero-order valence-electron chi connectivity index (χ0n) is 14.7. The summed E-state index contributed by atoms with van der Waals surface area (Å²) in [5.41, 5.74) is 10.7. The Bertz CT molecular complexity index is 717. The molecule has 0 saturated carbocycles. The highest BCUT2D eigenvalue weighted by Gasteiger charge is 2.30. The van der Waals surface area contributed by atoms with E-state index >= 15 is 0 Å². The molecule has 128 valence electrons. The molecule has 1 atom stereocenters. The molecule has 0 saturated heterocycles. The number of benzene rings is 2. The number of hydrogen-bond donors (Lipinski definition) is 2. The van der Waals surface area contributed by atoms with E-state index in [1.54, 1.807) is 23.9 Å². The lowest BCUT2D eigenvalue weighted by Crippen LogP contribution is -2.38. The van der Waals surface area contributed by atoms with Crippen LogP contribution in [0.25, 0.3) is 0 Å². The highest BCUT2D eigenvalue weighted by atomic mass is 32.2. The largest absolute Gasteiger partial charge is 0.386 e. The van der Waals surface area contributed by atoms with Crippen LogP contribution >= 0.6 is 11.8 Å². The molecule has 0 fully saturated rings. The Balaban J connectivity index is 2.21. The normalized spacial score (nSPS) is 13.5. The van der Waals surface area contributed by atoms with Crippen molar-refractivity contribution in [2.75, 3.05) is 0 Å². The van der Waals surface area contributed by atoms with E-state index in [1.807, 2.05) is 6.92 Å². The summed E-state index contributed by atoms with van der Waals surface area (Å²) in [6.07, 6.45) is 1.48. The van der Waals surface area contributed by atoms with Crippen LogP contribution in [0.2, 0.25) is 0 Å². The van der Waals surface area contributed by atoms with E-state index in [0.717, 1.165) is 18.4 Å². The van der Waals surface area contributed by atoms with E-state index in [0.29, 0.717) is 0 Å². The summed E-state index contributed by atoms with van der Waals surface area (Å²) in [4.78, 5) is 1.19. The highest BCUT2D eigenvalue weighted by molar-refractivity contribution is 8.01. The Morgan fingerprint density at radius 1 is 1.12 bits per heavy atom. The monoisotopic (exact) mass is 344 g/mol. The fraction of sp³-hybridized carbons (Fsp3) is 0.350. The molecule has 2 aromatic carbocycles. The average molecular weight is 344 g/mol. The van der Waals surface area contributed by atoms with Crippen molar-refractivity contribution in [2.24, 2.45) is 5.73 Å². The van der Waals surface area contributed by atoms with Crippen molar-refractivity contribution >= 4 is 17.6 Å². The third-order valence-electron chi connectivity index (χ3n) is 4.31. The first kappa shape index (κ1) is 18.5. The highest BCUT2D eigenvalue weighted by Crippen LogP contribution is 2.40. The summed E-state index contributed by atoms with van der Waals surface area (Å²) < 4.78 is 12.6. The molecular weight excluding hydrogens is 319 g/mol. The summed E-state index contributed by atoms with van der Waals surface area (Å²) in [5.74, 6) is -0.0534. The van der Waals surface area contributed by atoms with E-state index in [2.05, 4.69) is 32.9 Å². The van der Waals surface area contributed by atoms with Crippen LogP contribution in [0.3, 0.4) is 0 Å². The predicted molar refractivity (Wildman–Crippen MR) is 102 cm³/mol. The molecule has 4 heteroatoms. The molecule has 0 aliphatic rings. The lowest BCUT2D eigenvalue weighted by atomic mass is 9.99. The van der Waals surface area contributed by atoms with E-state index in [4.69, 9.17) is 11.1 Å². The molecule has 0 heterocycles. The number of halogens is 1. The van der Waals surface area contributed by atoms with Gasteiger partial charge in [-0.25, -0.2) is 4.39 Å². The second kappa shape index (κ2) is 7.39. The first-order valence-electron chi connectivity index (χ1n) is 8.07. The van der Waals surface area contributed by atoms with Gasteiger partial charge in [-0.05, 0) is 69.4 Å². The fourth-order valence-corrected chi connectivity index (χ4v) is 4.03. The minimum absolute atomic E-state index is 0.175. The van der Waals surface area contributed by atoms with Gasteiger partial charge < -0.3 is 5.73 Å². The number of nitrogens with one attached hydrogen (secondary N) is 1. The second-order valence-electron chi connectivity index (χ2n) is 6.60. The fourth-order valence-electron chi connectivity index (χ4n) is 2.83. The Labute approximate surface area is 148 Å². The molecule has 0 spiro atoms. The van der Waals surface area contributed by atoms with E-state index < -0.39 is 4.75 Å². The van der Waals surface area contributed by atoms with Gasteiger partial charge >= 0.3 is 0 Å². The van der Waals surface area contributed by atoms with Gasteiger partial charge in [-0.15, -0.1) is 11.8 Å². The number of hydrogen-bond acceptors (Lipinski definition) is 2. The van der Waals surface area contributed by atoms with Gasteiger partial charge in [-0.3, -0.25) is 5.41 Å². The lowest BCUT2D eigenvalue weighted by molar-refractivity contribution is 0.626. The molecule has 0 radical (unpaired) electrons. The number of rotatable bonds is 6. The summed E-state index contributed by atoms with van der Waals surface area (Å²) in [5, 5.41) is 8.08. The van der Waals surface area contributed by atoms with Gasteiger partial charge in [0.1, 0.15) is 11.7 Å². The number of aryl methyl sites for hydroxylation is 4. The standard InChI is InChI=1S/C20H25FN2S/c1-13-11-14(2)18(15(3)12-13)24-20(4,19(22)23)10-9-16-5-7-17(21)8-6-16/h5-8,11-12H,9-10H2,1-4H3,(H3,22,23). The first-order valence-corrected chi connectivity index (χ1v) is 8.89. The van der Waals surface area contributed by atoms with Gasteiger partial charge in [0.25, 0.3) is 0 Å². The van der Waals surface area contributed by atoms with Crippen molar-refractivity contribution in [1.29, 1.82) is 5.41 Å². The molecule has 24 heavy (non-hydrogen) atoms. The smallest absolute Gasteiger partial charge is 0.123 e. The minimum Gasteiger partial charge on any atom is -0.386 e. The molecule has 0 aliphatic heterocycles. The number of nitrogens with two attached hydrogens (primary N) is 1. The van der Waals surface area contributed by atoms with E-state index in [9.17, 15) is 4.39 Å². The maximum atomic E-state index is 13.0. The van der Waals surface area contributed by atoms with Crippen molar-refractivity contribution in [3.63, 3.8) is 0 Å². The SMILES string of the molecule is Cc1cc(C)c(SC(C)(CCc2ccc(F)cc2)C(=N)N)c(C)c1. The van der Waals surface area contributed by atoms with Crippen molar-refractivity contribution in [3.8, 4) is 0 Å². The topological polar surface area (TPSA) is 49.9 Å². The van der Waals surface area contributed by atoms with Crippen LogP contribution in [-0.2, 0) is 6.42 Å². The summed E-state index contributed by atoms with van der Waals surface area (Å²) in [7, 11) is 0. The Kier molecular flexibility index (Phi) is 5.70. The number of thioether (sulfide) groups is 1. The lowest BCUT2D eigenvalue weighted by Gasteiger charge is -2.29. The molecule has 0 amide bonds. The molecule has 0 aliphatic carbocycles. The maximum absolute atomic E-state index is 13.0. The molecule has 2 aromatic rings. The van der Waals surface area contributed by atoms with Gasteiger partial charge in [-0.2, -0.15) is 0 Å². The maximum Gasteiger partial charge on any atom is 0.123 e. The predicted octanol–water partition coefficient (Wildman–Crippen LogP) is 5.17. The third kappa shape index (κ3) is 4.38. The van der Waals surface area contributed by atoms with Gasteiger partial charge in [-0.1, -0.05) is 29.8 Å². The van der Waals surface area contributed by atoms with Crippen molar-refractivity contribution < 1.29 is 4.39 Å². The molecule has 2 rings (SSSR count). The summed E-state index contributed by atoms with van der Waals surface area (Å²) in [6, 6.07) is 10.9. The zero-order valence-corrected chi connectivity index (χ0v) is 15.6. The van der Waals surface area contributed by atoms with Crippen molar-refractivity contribution in [1.82, 2.24) is 0 Å². The van der Waals surface area contributed by atoms with Crippen LogP contribution in [0.4, 0.5) is 4.39 Å². The van der Waals surface area contributed by atoms with Gasteiger partial charge in [0.05, 0.1) is 4.75 Å². The van der Waals surface area contributed by atoms with Crippen LogP contribution in [0, 0.1) is 32.0 Å². The Morgan fingerprint density at radius 3 is 2.17 bits per heavy atom. The van der Waals surface area contributed by atoms with Crippen molar-refractivity contribution in [3.05, 3.63) is 64.5 Å². The molecule has 0 bridgehead atoms. The second-order valence-corrected chi connectivity index (χ2v) is 8.11. The zero-order chi connectivity index (χ0) is 17.9. The Morgan fingerprint density at radius 2 is 1.67 bits per heavy atom. The van der Waals surface area contributed by atoms with Crippen LogP contribution < -0.4 is 5.73 Å². The van der Waals surface area contributed by atoms with Gasteiger partial charge in [0.15, 0.2) is 0 Å². The Hall–Kier alpha value is -1.81. The summed E-state index contributed by atoms with van der Waals surface area (Å²) in [6.45, 7) is 8.31. The molecule has 2 nitrogen and oxygen atoms in total. The third-order valence-corrected chi connectivity index (χ3v) is 6.03. The molecule has 1 unspecified atom stereocenters. The van der Waals surface area contributed by atoms with Crippen LogP contribution in [0.15, 0.2) is 41.3 Å². The number of amidine groups is 1. The molecular formula is C20H25FN2S. The van der Waals surface area contributed by atoms with E-state index in [-0.39, 0.29) is 11.7 Å². The van der Waals surface area contributed by atoms with Crippen LogP contribution in [0.1, 0.15) is 35.6 Å². The first-order chi connectivity index (χ1) is 11.2. The summed E-state index contributed by atoms with van der Waals surface area (Å²) >= 11 is 1.66. The minimum atomic E-state index is -0.487. The van der Waals surface area contributed by atoms with E-state index in [1.165, 1.54) is 33.7 Å². The molecule has 0 aromatic heterocycles. The van der Waals surface area contributed by atoms with Crippen molar-refractivity contribution in [2.45, 2.75) is 50.2 Å². The quantitative estimate of drug-likeness (QED) is 0.431. The van der Waals surface area contributed by atoms with Gasteiger partial charge in [0, 0.05) is 4.90 Å². The van der Waals surface area contributed by atoms with Crippen LogP contribution in [0.5, 0.6) is 0 Å². The molecule has 3 N–H and O–H groups in total.